The molecule has 1 aromatic rings. The molecule has 0 radical (unpaired) electrons. The quantitative estimate of drug-likeness (QED) is 0.929. The van der Waals surface area contributed by atoms with E-state index in [-0.39, 0.29) is 0 Å². The number of nitrogens with zero attached hydrogens (tertiary/aromatic N) is 1. The maximum atomic E-state index is 6.02. The molecule has 3 unspecified atom stereocenters. The van der Waals surface area contributed by atoms with E-state index >= 15 is 0 Å². The fourth-order valence-electron chi connectivity index (χ4n) is 2.96. The van der Waals surface area contributed by atoms with Gasteiger partial charge in [-0.25, -0.2) is 0 Å². The van der Waals surface area contributed by atoms with Gasteiger partial charge in [0, 0.05) is 29.1 Å². The first-order valence-corrected chi connectivity index (χ1v) is 7.61. The van der Waals surface area contributed by atoms with E-state index in [1.807, 2.05) is 0 Å². The van der Waals surface area contributed by atoms with Crippen molar-refractivity contribution in [2.75, 3.05) is 6.54 Å². The molecule has 100 valence electrons. The monoisotopic (exact) mass is 310 g/mol. The van der Waals surface area contributed by atoms with E-state index in [0.29, 0.717) is 18.1 Å². The molecule has 2 nitrogen and oxygen atoms in total. The predicted octanol–water partition coefficient (Wildman–Crippen LogP) is 3.19. The van der Waals surface area contributed by atoms with E-state index in [4.69, 9.17) is 5.73 Å². The van der Waals surface area contributed by atoms with Crippen LogP contribution in [0.3, 0.4) is 0 Å². The Morgan fingerprint density at radius 1 is 1.39 bits per heavy atom. The van der Waals surface area contributed by atoms with Gasteiger partial charge in [-0.2, -0.15) is 0 Å². The summed E-state index contributed by atoms with van der Waals surface area (Å²) >= 11 is 3.48. The predicted molar refractivity (Wildman–Crippen MR) is 80.7 cm³/mol. The number of benzene rings is 1. The molecule has 1 fully saturated rings. The topological polar surface area (TPSA) is 29.3 Å². The van der Waals surface area contributed by atoms with Crippen molar-refractivity contribution in [3.8, 4) is 0 Å². The second kappa shape index (κ2) is 6.18. The molecular formula is C15H23BrN2. The Kier molecular flexibility index (Phi) is 4.82. The van der Waals surface area contributed by atoms with Crippen molar-refractivity contribution in [2.24, 2.45) is 5.73 Å². The Balaban J connectivity index is 1.95. The first-order valence-electron chi connectivity index (χ1n) is 6.82. The maximum absolute atomic E-state index is 6.02. The minimum atomic E-state index is 0.399. The van der Waals surface area contributed by atoms with E-state index in [0.717, 1.165) is 30.3 Å². The van der Waals surface area contributed by atoms with Gasteiger partial charge in [-0.3, -0.25) is 4.90 Å². The van der Waals surface area contributed by atoms with Gasteiger partial charge in [0.25, 0.3) is 0 Å². The third kappa shape index (κ3) is 3.56. The number of piperidine rings is 1. The highest BCUT2D eigenvalue weighted by Gasteiger charge is 2.26. The van der Waals surface area contributed by atoms with Gasteiger partial charge < -0.3 is 5.73 Å². The van der Waals surface area contributed by atoms with Crippen LogP contribution in [0.5, 0.6) is 0 Å². The van der Waals surface area contributed by atoms with E-state index < -0.39 is 0 Å². The Morgan fingerprint density at radius 3 is 2.67 bits per heavy atom. The van der Waals surface area contributed by atoms with Crippen molar-refractivity contribution in [1.82, 2.24) is 4.90 Å². The number of nitrogens with two attached hydrogens (primary N) is 1. The maximum Gasteiger partial charge on any atom is 0.0175 e. The summed E-state index contributed by atoms with van der Waals surface area (Å²) in [7, 11) is 0. The van der Waals surface area contributed by atoms with Crippen molar-refractivity contribution in [3.05, 3.63) is 34.3 Å². The minimum Gasteiger partial charge on any atom is -0.328 e. The lowest BCUT2D eigenvalue weighted by atomic mass is 9.95. The second-order valence-corrected chi connectivity index (χ2v) is 6.47. The highest BCUT2D eigenvalue weighted by molar-refractivity contribution is 9.10. The fourth-order valence-corrected chi connectivity index (χ4v) is 3.22. The zero-order valence-corrected chi connectivity index (χ0v) is 12.9. The number of hydrogen-bond acceptors (Lipinski definition) is 2. The van der Waals surface area contributed by atoms with Gasteiger partial charge in [0.1, 0.15) is 0 Å². The minimum absolute atomic E-state index is 0.399. The molecule has 3 heteroatoms. The van der Waals surface area contributed by atoms with Crippen molar-refractivity contribution in [2.45, 2.75) is 51.2 Å². The van der Waals surface area contributed by atoms with Crippen LogP contribution in [-0.4, -0.2) is 29.6 Å². The zero-order valence-electron chi connectivity index (χ0n) is 11.3. The molecule has 1 saturated heterocycles. The van der Waals surface area contributed by atoms with Gasteiger partial charge in [0.2, 0.25) is 0 Å². The van der Waals surface area contributed by atoms with Crippen LogP contribution in [0, 0.1) is 0 Å². The first kappa shape index (κ1) is 14.0. The van der Waals surface area contributed by atoms with Gasteiger partial charge in [0.15, 0.2) is 0 Å². The van der Waals surface area contributed by atoms with Crippen molar-refractivity contribution in [3.63, 3.8) is 0 Å². The molecule has 2 N–H and O–H groups in total. The summed E-state index contributed by atoms with van der Waals surface area (Å²) in [6.45, 7) is 5.77. The normalized spacial score (nSPS) is 27.1. The van der Waals surface area contributed by atoms with E-state index in [2.05, 4.69) is 58.9 Å². The molecule has 0 saturated carbocycles. The summed E-state index contributed by atoms with van der Waals surface area (Å²) in [6.07, 6.45) is 3.38. The lowest BCUT2D eigenvalue weighted by molar-refractivity contribution is 0.104. The molecule has 3 atom stereocenters. The van der Waals surface area contributed by atoms with Gasteiger partial charge in [-0.15, -0.1) is 0 Å². The molecular weight excluding hydrogens is 288 g/mol. The summed E-state index contributed by atoms with van der Waals surface area (Å²) in [5.41, 5.74) is 7.43. The fraction of sp³-hybridized carbons (Fsp3) is 0.600. The highest BCUT2D eigenvalue weighted by Crippen LogP contribution is 2.21. The smallest absolute Gasteiger partial charge is 0.0175 e. The van der Waals surface area contributed by atoms with Crippen molar-refractivity contribution in [1.29, 1.82) is 0 Å². The van der Waals surface area contributed by atoms with Gasteiger partial charge in [-0.1, -0.05) is 28.1 Å². The Hall–Kier alpha value is -0.380. The lowest BCUT2D eigenvalue weighted by Gasteiger charge is -2.40. The number of hydrogen-bond donors (Lipinski definition) is 1. The number of halogens is 1. The molecule has 0 amide bonds. The molecule has 18 heavy (non-hydrogen) atoms. The van der Waals surface area contributed by atoms with Crippen LogP contribution in [-0.2, 0) is 6.42 Å². The summed E-state index contributed by atoms with van der Waals surface area (Å²) in [5.74, 6) is 0. The lowest BCUT2D eigenvalue weighted by Crippen LogP contribution is -2.49. The van der Waals surface area contributed by atoms with Crippen LogP contribution in [0.25, 0.3) is 0 Å². The summed E-state index contributed by atoms with van der Waals surface area (Å²) in [5, 5.41) is 0. The van der Waals surface area contributed by atoms with Crippen LogP contribution in [0.15, 0.2) is 28.7 Å². The van der Waals surface area contributed by atoms with Crippen LogP contribution in [0.1, 0.15) is 32.3 Å². The van der Waals surface area contributed by atoms with E-state index in [9.17, 15) is 0 Å². The SMILES string of the molecule is CC(Cc1ccc(Br)cc1)N1CCC(N)CC1C. The average molecular weight is 311 g/mol. The van der Waals surface area contributed by atoms with Crippen LogP contribution >= 0.6 is 15.9 Å². The molecule has 2 rings (SSSR count). The number of rotatable bonds is 3. The van der Waals surface area contributed by atoms with Crippen molar-refractivity contribution < 1.29 is 0 Å². The molecule has 0 spiro atoms. The van der Waals surface area contributed by atoms with E-state index in [1.54, 1.807) is 0 Å². The van der Waals surface area contributed by atoms with Crippen LogP contribution < -0.4 is 5.73 Å². The van der Waals surface area contributed by atoms with Gasteiger partial charge in [0.05, 0.1) is 0 Å². The van der Waals surface area contributed by atoms with E-state index in [1.165, 1.54) is 5.56 Å². The molecule has 1 aliphatic heterocycles. The molecule has 1 aromatic carbocycles. The van der Waals surface area contributed by atoms with Gasteiger partial charge in [-0.05, 0) is 50.8 Å². The summed E-state index contributed by atoms with van der Waals surface area (Å²) < 4.78 is 1.15. The molecule has 0 aromatic heterocycles. The molecule has 1 heterocycles. The van der Waals surface area contributed by atoms with Crippen LogP contribution in [0.2, 0.25) is 0 Å². The van der Waals surface area contributed by atoms with Gasteiger partial charge >= 0.3 is 0 Å². The Labute approximate surface area is 119 Å². The standard InChI is InChI=1S/C15H23BrN2/c1-11(9-13-3-5-14(16)6-4-13)18-8-7-15(17)10-12(18)2/h3-6,11-12,15H,7-10,17H2,1-2H3. The zero-order chi connectivity index (χ0) is 13.1. The molecule has 0 bridgehead atoms. The Morgan fingerprint density at radius 2 is 2.06 bits per heavy atom. The molecule has 0 aliphatic carbocycles. The van der Waals surface area contributed by atoms with Crippen molar-refractivity contribution >= 4 is 15.9 Å². The summed E-state index contributed by atoms with van der Waals surface area (Å²) in [6, 6.07) is 10.3. The first-order chi connectivity index (χ1) is 8.56. The average Bonchev–Trinajstić information content (AvgIpc) is 2.32. The second-order valence-electron chi connectivity index (χ2n) is 5.55. The largest absolute Gasteiger partial charge is 0.328 e. The third-order valence-electron chi connectivity index (χ3n) is 3.98. The summed E-state index contributed by atoms with van der Waals surface area (Å²) in [4.78, 5) is 2.60. The third-order valence-corrected chi connectivity index (χ3v) is 4.51. The molecule has 1 aliphatic rings. The Bertz CT molecular complexity index is 377. The van der Waals surface area contributed by atoms with Crippen LogP contribution in [0.4, 0.5) is 0 Å². The number of likely N-dealkylation sites (tertiary alicyclic amines) is 1. The highest BCUT2D eigenvalue weighted by atomic mass is 79.9.